The Morgan fingerprint density at radius 3 is 2.45 bits per heavy atom. The second kappa shape index (κ2) is 8.06. The van der Waals surface area contributed by atoms with Crippen LogP contribution in [-0.2, 0) is 0 Å². The van der Waals surface area contributed by atoms with Gasteiger partial charge in [0.15, 0.2) is 4.77 Å². The van der Waals surface area contributed by atoms with Gasteiger partial charge in [0.2, 0.25) is 0 Å². The fraction of sp³-hybridized carbons (Fsp3) is 0.0455. The van der Waals surface area contributed by atoms with E-state index in [1.807, 2.05) is 60.9 Å². The third-order valence-corrected chi connectivity index (χ3v) is 5.55. The lowest BCUT2D eigenvalue weighted by Gasteiger charge is -2.10. The number of amides is 1. The number of anilines is 1. The predicted molar refractivity (Wildman–Crippen MR) is 121 cm³/mol. The van der Waals surface area contributed by atoms with Gasteiger partial charge in [0.1, 0.15) is 0 Å². The van der Waals surface area contributed by atoms with Crippen LogP contribution in [-0.4, -0.2) is 21.7 Å². The Kier molecular flexibility index (Phi) is 5.33. The van der Waals surface area contributed by atoms with Crippen LogP contribution in [0.1, 0.15) is 10.4 Å². The molecule has 0 aliphatic rings. The zero-order valence-electron chi connectivity index (χ0n) is 15.5. The maximum atomic E-state index is 13.0. The number of H-pyrrole nitrogens is 1. The molecule has 0 saturated carbocycles. The molecule has 0 unspecified atom stereocenters. The Labute approximate surface area is 176 Å². The fourth-order valence-electron chi connectivity index (χ4n) is 3.05. The molecule has 4 aromatic rings. The fourth-order valence-corrected chi connectivity index (χ4v) is 3.75. The number of aromatic amines is 1. The standard InChI is InChI=1S/C22H17N3O2S2/c1-29-17-10-8-15(9-11-17)23-20(26)14-7-12-18-19(13-14)24-22(28)25(21(18)27)16-5-3-2-4-6-16/h2-13H,1H3,(H,23,26)(H,24,28). The molecule has 29 heavy (non-hydrogen) atoms. The van der Waals surface area contributed by atoms with E-state index in [9.17, 15) is 9.59 Å². The highest BCUT2D eigenvalue weighted by Crippen LogP contribution is 2.19. The summed E-state index contributed by atoms with van der Waals surface area (Å²) >= 11 is 7.03. The van der Waals surface area contributed by atoms with Crippen molar-refractivity contribution >= 4 is 46.5 Å². The molecule has 0 fully saturated rings. The van der Waals surface area contributed by atoms with E-state index < -0.39 is 0 Å². The molecule has 0 aliphatic carbocycles. The van der Waals surface area contributed by atoms with E-state index in [0.29, 0.717) is 27.8 Å². The van der Waals surface area contributed by atoms with E-state index in [0.717, 1.165) is 4.90 Å². The van der Waals surface area contributed by atoms with Crippen LogP contribution in [0, 0.1) is 4.77 Å². The van der Waals surface area contributed by atoms with Crippen molar-refractivity contribution in [2.24, 2.45) is 0 Å². The summed E-state index contributed by atoms with van der Waals surface area (Å²) < 4.78 is 1.73. The van der Waals surface area contributed by atoms with Crippen LogP contribution in [0.15, 0.2) is 82.5 Å². The molecular weight excluding hydrogens is 402 g/mol. The molecule has 5 nitrogen and oxygen atoms in total. The normalized spacial score (nSPS) is 10.8. The first kappa shape index (κ1) is 19.2. The highest BCUT2D eigenvalue weighted by molar-refractivity contribution is 7.98. The maximum absolute atomic E-state index is 13.0. The van der Waals surface area contributed by atoms with E-state index in [4.69, 9.17) is 12.2 Å². The number of aromatic nitrogens is 2. The van der Waals surface area contributed by atoms with Crippen LogP contribution in [0.25, 0.3) is 16.6 Å². The molecule has 0 spiro atoms. The largest absolute Gasteiger partial charge is 0.331 e. The molecule has 1 heterocycles. The lowest BCUT2D eigenvalue weighted by atomic mass is 10.1. The van der Waals surface area contributed by atoms with Crippen molar-refractivity contribution in [3.63, 3.8) is 0 Å². The Balaban J connectivity index is 1.70. The zero-order valence-corrected chi connectivity index (χ0v) is 17.1. The summed E-state index contributed by atoms with van der Waals surface area (Å²) in [5, 5.41) is 3.33. The molecule has 4 rings (SSSR count). The summed E-state index contributed by atoms with van der Waals surface area (Å²) in [6.07, 6.45) is 2.00. The van der Waals surface area contributed by atoms with Crippen molar-refractivity contribution in [1.29, 1.82) is 0 Å². The van der Waals surface area contributed by atoms with Crippen molar-refractivity contribution in [1.82, 2.24) is 9.55 Å². The molecule has 1 aromatic heterocycles. The van der Waals surface area contributed by atoms with Crippen molar-refractivity contribution in [2.45, 2.75) is 4.90 Å². The number of benzene rings is 3. The van der Waals surface area contributed by atoms with Gasteiger partial charge in [-0.3, -0.25) is 14.2 Å². The number of carbonyl (C=O) groups is 1. The number of thioether (sulfide) groups is 1. The third-order valence-electron chi connectivity index (χ3n) is 4.52. The molecular formula is C22H17N3O2S2. The maximum Gasteiger partial charge on any atom is 0.266 e. The Morgan fingerprint density at radius 2 is 1.76 bits per heavy atom. The lowest BCUT2D eigenvalue weighted by Crippen LogP contribution is -2.21. The van der Waals surface area contributed by atoms with E-state index in [1.165, 1.54) is 4.57 Å². The van der Waals surface area contributed by atoms with Crippen LogP contribution in [0.2, 0.25) is 0 Å². The number of hydrogen-bond acceptors (Lipinski definition) is 4. The van der Waals surface area contributed by atoms with Gasteiger partial charge in [-0.1, -0.05) is 18.2 Å². The van der Waals surface area contributed by atoms with Crippen molar-refractivity contribution in [3.8, 4) is 5.69 Å². The van der Waals surface area contributed by atoms with Gasteiger partial charge in [0.25, 0.3) is 11.5 Å². The summed E-state index contributed by atoms with van der Waals surface area (Å²) in [5.74, 6) is -0.254. The Morgan fingerprint density at radius 1 is 1.03 bits per heavy atom. The summed E-state index contributed by atoms with van der Waals surface area (Å²) in [5.41, 5.74) is 2.14. The van der Waals surface area contributed by atoms with Gasteiger partial charge >= 0.3 is 0 Å². The van der Waals surface area contributed by atoms with Gasteiger partial charge in [-0.25, -0.2) is 0 Å². The molecule has 0 bridgehead atoms. The van der Waals surface area contributed by atoms with Crippen LogP contribution in [0.3, 0.4) is 0 Å². The average Bonchev–Trinajstić information content (AvgIpc) is 2.74. The number of rotatable bonds is 4. The van der Waals surface area contributed by atoms with Gasteiger partial charge in [-0.05, 0) is 73.1 Å². The monoisotopic (exact) mass is 419 g/mol. The van der Waals surface area contributed by atoms with Crippen LogP contribution in [0.4, 0.5) is 5.69 Å². The Bertz CT molecular complexity index is 1310. The van der Waals surface area contributed by atoms with Crippen molar-refractivity contribution < 1.29 is 4.79 Å². The quantitative estimate of drug-likeness (QED) is 0.360. The van der Waals surface area contributed by atoms with Gasteiger partial charge in [0.05, 0.1) is 16.6 Å². The number of nitrogens with zero attached hydrogens (tertiary/aromatic N) is 1. The van der Waals surface area contributed by atoms with Crippen LogP contribution >= 0.6 is 24.0 Å². The SMILES string of the molecule is CSc1ccc(NC(=O)c2ccc3c(=O)n(-c4ccccc4)c(=S)[nH]c3c2)cc1. The highest BCUT2D eigenvalue weighted by Gasteiger charge is 2.11. The number of para-hydroxylation sites is 1. The number of nitrogens with one attached hydrogen (secondary N) is 2. The summed E-state index contributed by atoms with van der Waals surface area (Å²) in [7, 11) is 0. The number of carbonyl (C=O) groups excluding carboxylic acids is 1. The smallest absolute Gasteiger partial charge is 0.266 e. The molecule has 7 heteroatoms. The Hall–Kier alpha value is -3.16. The van der Waals surface area contributed by atoms with Crippen molar-refractivity contribution in [3.05, 3.63) is 93.5 Å². The minimum absolute atomic E-state index is 0.227. The second-order valence-corrected chi connectivity index (χ2v) is 7.62. The van der Waals surface area contributed by atoms with Crippen molar-refractivity contribution in [2.75, 3.05) is 11.6 Å². The lowest BCUT2D eigenvalue weighted by molar-refractivity contribution is 0.102. The second-order valence-electron chi connectivity index (χ2n) is 6.35. The first-order valence-corrected chi connectivity index (χ1v) is 10.5. The van der Waals surface area contributed by atoms with Gasteiger partial charge in [-0.15, -0.1) is 11.8 Å². The van der Waals surface area contributed by atoms with Gasteiger partial charge in [0, 0.05) is 16.1 Å². The highest BCUT2D eigenvalue weighted by atomic mass is 32.2. The molecule has 2 N–H and O–H groups in total. The van der Waals surface area contributed by atoms with Gasteiger partial charge < -0.3 is 10.3 Å². The molecule has 0 atom stereocenters. The first-order chi connectivity index (χ1) is 14.1. The van der Waals surface area contributed by atoms with E-state index in [-0.39, 0.29) is 16.2 Å². The molecule has 3 aromatic carbocycles. The average molecular weight is 420 g/mol. The van der Waals surface area contributed by atoms with Crippen LogP contribution < -0.4 is 10.9 Å². The van der Waals surface area contributed by atoms with E-state index in [2.05, 4.69) is 10.3 Å². The summed E-state index contributed by atoms with van der Waals surface area (Å²) in [6, 6.07) is 21.8. The minimum atomic E-state index is -0.254. The van der Waals surface area contributed by atoms with E-state index >= 15 is 0 Å². The van der Waals surface area contributed by atoms with E-state index in [1.54, 1.807) is 30.0 Å². The predicted octanol–water partition coefficient (Wildman–Crippen LogP) is 5.02. The summed E-state index contributed by atoms with van der Waals surface area (Å²) in [6.45, 7) is 0. The molecule has 1 amide bonds. The minimum Gasteiger partial charge on any atom is -0.331 e. The molecule has 144 valence electrons. The van der Waals surface area contributed by atoms with Crippen LogP contribution in [0.5, 0.6) is 0 Å². The number of hydrogen-bond donors (Lipinski definition) is 2. The topological polar surface area (TPSA) is 66.9 Å². The first-order valence-electron chi connectivity index (χ1n) is 8.87. The molecule has 0 aliphatic heterocycles. The molecule has 0 radical (unpaired) electrons. The summed E-state index contributed by atoms with van der Waals surface area (Å²) in [4.78, 5) is 29.8. The number of fused-ring (bicyclic) bond motifs is 1. The van der Waals surface area contributed by atoms with Gasteiger partial charge in [-0.2, -0.15) is 0 Å². The zero-order chi connectivity index (χ0) is 20.4. The third kappa shape index (κ3) is 3.87. The molecule has 0 saturated heterocycles.